The quantitative estimate of drug-likeness (QED) is 0.694. The smallest absolute Gasteiger partial charge is 0.272 e. The SMILES string of the molecule is CCCNC(=O)c1ncc2c(-c3nnc(Cl)cc3OC)c(F)ccc2c1N. The van der Waals surface area contributed by atoms with Crippen LogP contribution in [-0.4, -0.2) is 34.7 Å². The molecule has 9 heteroatoms. The number of anilines is 1. The van der Waals surface area contributed by atoms with E-state index in [1.807, 2.05) is 6.92 Å². The van der Waals surface area contributed by atoms with Gasteiger partial charge in [-0.2, -0.15) is 0 Å². The summed E-state index contributed by atoms with van der Waals surface area (Å²) in [6.07, 6.45) is 2.17. The minimum absolute atomic E-state index is 0.0858. The van der Waals surface area contributed by atoms with E-state index in [9.17, 15) is 9.18 Å². The fourth-order valence-corrected chi connectivity index (χ4v) is 2.85. The zero-order chi connectivity index (χ0) is 19.6. The normalized spacial score (nSPS) is 10.8. The fraction of sp³-hybridized carbons (Fsp3) is 0.222. The first-order valence-electron chi connectivity index (χ1n) is 8.20. The standard InChI is InChI=1S/C18H17ClFN5O2/c1-3-6-22-18(26)17-15(21)9-4-5-11(20)14(10(9)8-23-17)16-12(27-2)7-13(19)24-25-16/h4-5,7-8H,3,6,21H2,1-2H3,(H,22,26). The van der Waals surface area contributed by atoms with Gasteiger partial charge in [-0.05, 0) is 18.6 Å². The summed E-state index contributed by atoms with van der Waals surface area (Å²) in [5.41, 5.74) is 6.67. The number of hydrogen-bond acceptors (Lipinski definition) is 6. The zero-order valence-corrected chi connectivity index (χ0v) is 15.5. The second-order valence-electron chi connectivity index (χ2n) is 5.74. The lowest BCUT2D eigenvalue weighted by Gasteiger charge is -2.13. The van der Waals surface area contributed by atoms with Crippen LogP contribution >= 0.6 is 11.6 Å². The average molecular weight is 390 g/mol. The number of amides is 1. The van der Waals surface area contributed by atoms with E-state index in [0.717, 1.165) is 6.42 Å². The van der Waals surface area contributed by atoms with Crippen molar-refractivity contribution in [1.29, 1.82) is 0 Å². The van der Waals surface area contributed by atoms with Crippen molar-refractivity contribution in [3.8, 4) is 17.0 Å². The molecule has 7 nitrogen and oxygen atoms in total. The Bertz CT molecular complexity index is 1030. The third-order valence-corrected chi connectivity index (χ3v) is 4.18. The Labute approximate surface area is 159 Å². The molecule has 0 aliphatic carbocycles. The van der Waals surface area contributed by atoms with E-state index in [-0.39, 0.29) is 39.4 Å². The van der Waals surface area contributed by atoms with Gasteiger partial charge in [0.05, 0.1) is 18.4 Å². The Morgan fingerprint density at radius 1 is 1.33 bits per heavy atom. The van der Waals surface area contributed by atoms with Gasteiger partial charge in [-0.15, -0.1) is 10.2 Å². The average Bonchev–Trinajstić information content (AvgIpc) is 2.66. The first-order valence-corrected chi connectivity index (χ1v) is 8.58. The Morgan fingerprint density at radius 3 is 2.81 bits per heavy atom. The number of aromatic nitrogens is 3. The van der Waals surface area contributed by atoms with Crippen molar-refractivity contribution >= 4 is 34.0 Å². The minimum Gasteiger partial charge on any atom is -0.494 e. The number of fused-ring (bicyclic) bond motifs is 1. The number of nitrogens with two attached hydrogens (primary N) is 1. The van der Waals surface area contributed by atoms with Gasteiger partial charge in [-0.25, -0.2) is 9.37 Å². The van der Waals surface area contributed by atoms with E-state index in [2.05, 4.69) is 20.5 Å². The highest BCUT2D eigenvalue weighted by Crippen LogP contribution is 2.37. The van der Waals surface area contributed by atoms with Gasteiger partial charge in [0, 0.05) is 29.6 Å². The van der Waals surface area contributed by atoms with E-state index >= 15 is 0 Å². The number of benzene rings is 1. The maximum absolute atomic E-state index is 14.7. The molecule has 2 heterocycles. The highest BCUT2D eigenvalue weighted by atomic mass is 35.5. The van der Waals surface area contributed by atoms with Crippen LogP contribution in [0, 0.1) is 5.82 Å². The molecule has 2 aromatic heterocycles. The molecule has 0 atom stereocenters. The number of rotatable bonds is 5. The van der Waals surface area contributed by atoms with Gasteiger partial charge in [0.25, 0.3) is 5.91 Å². The molecule has 3 rings (SSSR count). The number of nitrogens with zero attached hydrogens (tertiary/aromatic N) is 3. The Balaban J connectivity index is 2.22. The van der Waals surface area contributed by atoms with Crippen LogP contribution in [0.2, 0.25) is 5.15 Å². The zero-order valence-electron chi connectivity index (χ0n) is 14.7. The van der Waals surface area contributed by atoms with Crippen LogP contribution in [0.3, 0.4) is 0 Å². The van der Waals surface area contributed by atoms with E-state index in [1.54, 1.807) is 0 Å². The molecule has 0 radical (unpaired) electrons. The Hall–Kier alpha value is -3.00. The number of nitrogens with one attached hydrogen (secondary N) is 1. The Morgan fingerprint density at radius 2 is 2.11 bits per heavy atom. The van der Waals surface area contributed by atoms with E-state index in [1.165, 1.54) is 31.5 Å². The lowest BCUT2D eigenvalue weighted by atomic mass is 10.0. The number of hydrogen-bond donors (Lipinski definition) is 2. The molecule has 27 heavy (non-hydrogen) atoms. The highest BCUT2D eigenvalue weighted by Gasteiger charge is 2.21. The molecule has 0 aliphatic rings. The largest absolute Gasteiger partial charge is 0.494 e. The number of carbonyl (C=O) groups excluding carboxylic acids is 1. The van der Waals surface area contributed by atoms with Crippen LogP contribution in [0.25, 0.3) is 22.0 Å². The van der Waals surface area contributed by atoms with Crippen molar-refractivity contribution < 1.29 is 13.9 Å². The molecule has 3 N–H and O–H groups in total. The van der Waals surface area contributed by atoms with Gasteiger partial charge < -0.3 is 15.8 Å². The molecule has 140 valence electrons. The number of nitrogen functional groups attached to an aromatic ring is 1. The minimum atomic E-state index is -0.554. The third-order valence-electron chi connectivity index (χ3n) is 4.00. The van der Waals surface area contributed by atoms with Gasteiger partial charge in [-0.1, -0.05) is 18.5 Å². The van der Waals surface area contributed by atoms with Crippen LogP contribution in [-0.2, 0) is 0 Å². The third kappa shape index (κ3) is 3.48. The highest BCUT2D eigenvalue weighted by molar-refractivity contribution is 6.29. The lowest BCUT2D eigenvalue weighted by Crippen LogP contribution is -2.26. The molecule has 1 amide bonds. The summed E-state index contributed by atoms with van der Waals surface area (Å²) in [4.78, 5) is 16.4. The van der Waals surface area contributed by atoms with Crippen LogP contribution in [0.1, 0.15) is 23.8 Å². The summed E-state index contributed by atoms with van der Waals surface area (Å²) in [7, 11) is 1.42. The number of halogens is 2. The van der Waals surface area contributed by atoms with Gasteiger partial charge in [0.15, 0.2) is 10.8 Å². The second kappa shape index (κ2) is 7.71. The number of carbonyl (C=O) groups is 1. The van der Waals surface area contributed by atoms with Crippen molar-refractivity contribution in [2.75, 3.05) is 19.4 Å². The number of pyridine rings is 1. The van der Waals surface area contributed by atoms with Crippen molar-refractivity contribution in [3.05, 3.63) is 41.1 Å². The summed E-state index contributed by atoms with van der Waals surface area (Å²) in [5, 5.41) is 11.4. The maximum Gasteiger partial charge on any atom is 0.272 e. The maximum atomic E-state index is 14.7. The molecule has 0 saturated heterocycles. The summed E-state index contributed by atoms with van der Waals surface area (Å²) >= 11 is 5.84. The monoisotopic (exact) mass is 389 g/mol. The van der Waals surface area contributed by atoms with Crippen LogP contribution in [0.15, 0.2) is 24.4 Å². The molecular formula is C18H17ClFN5O2. The first kappa shape index (κ1) is 18.8. The Kier molecular flexibility index (Phi) is 5.36. The number of ether oxygens (including phenoxy) is 1. The van der Waals surface area contributed by atoms with Gasteiger partial charge in [0.2, 0.25) is 0 Å². The molecule has 3 aromatic rings. The molecular weight excluding hydrogens is 373 g/mol. The van der Waals surface area contributed by atoms with Crippen molar-refractivity contribution in [3.63, 3.8) is 0 Å². The van der Waals surface area contributed by atoms with Crippen molar-refractivity contribution in [1.82, 2.24) is 20.5 Å². The summed E-state index contributed by atoms with van der Waals surface area (Å²) in [5.74, 6) is -0.683. The predicted molar refractivity (Wildman–Crippen MR) is 101 cm³/mol. The van der Waals surface area contributed by atoms with E-state index in [0.29, 0.717) is 17.3 Å². The van der Waals surface area contributed by atoms with Crippen molar-refractivity contribution in [2.45, 2.75) is 13.3 Å². The molecule has 1 aromatic carbocycles. The molecule has 0 saturated carbocycles. The molecule has 0 unspecified atom stereocenters. The lowest BCUT2D eigenvalue weighted by molar-refractivity contribution is 0.0950. The fourth-order valence-electron chi connectivity index (χ4n) is 2.71. The topological polar surface area (TPSA) is 103 Å². The van der Waals surface area contributed by atoms with Gasteiger partial charge in [-0.3, -0.25) is 4.79 Å². The molecule has 0 aliphatic heterocycles. The van der Waals surface area contributed by atoms with E-state index in [4.69, 9.17) is 22.1 Å². The summed E-state index contributed by atoms with van der Waals surface area (Å²) in [6.45, 7) is 2.44. The molecule has 0 bridgehead atoms. The van der Waals surface area contributed by atoms with E-state index < -0.39 is 5.82 Å². The molecule has 0 fully saturated rings. The van der Waals surface area contributed by atoms with Crippen LogP contribution in [0.5, 0.6) is 5.75 Å². The number of methoxy groups -OCH3 is 1. The van der Waals surface area contributed by atoms with Gasteiger partial charge in [0.1, 0.15) is 17.3 Å². The molecule has 0 spiro atoms. The van der Waals surface area contributed by atoms with Gasteiger partial charge >= 0.3 is 0 Å². The van der Waals surface area contributed by atoms with Crippen LogP contribution in [0.4, 0.5) is 10.1 Å². The second-order valence-corrected chi connectivity index (χ2v) is 6.13. The first-order chi connectivity index (χ1) is 13.0. The summed E-state index contributed by atoms with van der Waals surface area (Å²) < 4.78 is 19.9. The van der Waals surface area contributed by atoms with Crippen molar-refractivity contribution in [2.24, 2.45) is 0 Å². The summed E-state index contributed by atoms with van der Waals surface area (Å²) in [6, 6.07) is 4.18. The predicted octanol–water partition coefficient (Wildman–Crippen LogP) is 3.21. The van der Waals surface area contributed by atoms with Crippen LogP contribution < -0.4 is 15.8 Å².